The zero-order chi connectivity index (χ0) is 15.4. The molecule has 1 heterocycles. The molecule has 2 aromatic carbocycles. The molecule has 0 atom stereocenters. The molecular formula is C17H16N2O3. The fourth-order valence-electron chi connectivity index (χ4n) is 2.16. The third-order valence-electron chi connectivity index (χ3n) is 3.31. The Bertz CT molecular complexity index is 754. The number of hydrogen-bond donors (Lipinski definition) is 1. The van der Waals surface area contributed by atoms with Crippen LogP contribution >= 0.6 is 0 Å². The van der Waals surface area contributed by atoms with E-state index in [2.05, 4.69) is 5.16 Å². The third-order valence-corrected chi connectivity index (χ3v) is 3.31. The molecule has 1 aromatic heterocycles. The van der Waals surface area contributed by atoms with E-state index in [-0.39, 0.29) is 5.88 Å². The number of rotatable bonds is 5. The Hall–Kier alpha value is -2.95. The number of nitrogens with zero attached hydrogens (tertiary/aromatic N) is 1. The Morgan fingerprint density at radius 1 is 1.09 bits per heavy atom. The molecule has 0 saturated heterocycles. The molecular weight excluding hydrogens is 280 g/mol. The number of aromatic nitrogens is 1. The summed E-state index contributed by atoms with van der Waals surface area (Å²) >= 11 is 0. The normalized spacial score (nSPS) is 10.4. The Morgan fingerprint density at radius 2 is 1.91 bits per heavy atom. The largest absolute Gasteiger partial charge is 0.493 e. The van der Waals surface area contributed by atoms with Crippen molar-refractivity contribution in [3.63, 3.8) is 0 Å². The van der Waals surface area contributed by atoms with Crippen LogP contribution in [-0.4, -0.2) is 12.3 Å². The molecule has 0 aliphatic heterocycles. The highest BCUT2D eigenvalue weighted by Crippen LogP contribution is 2.35. The predicted molar refractivity (Wildman–Crippen MR) is 83.7 cm³/mol. The number of anilines is 1. The molecule has 3 aromatic rings. The molecule has 22 heavy (non-hydrogen) atoms. The summed E-state index contributed by atoms with van der Waals surface area (Å²) in [6, 6.07) is 15.5. The van der Waals surface area contributed by atoms with Gasteiger partial charge in [0.25, 0.3) is 0 Å². The van der Waals surface area contributed by atoms with Crippen molar-refractivity contribution in [1.82, 2.24) is 5.16 Å². The minimum absolute atomic E-state index is 0.277. The second-order valence-electron chi connectivity index (χ2n) is 4.74. The van der Waals surface area contributed by atoms with Crippen LogP contribution in [0.2, 0.25) is 0 Å². The SMILES string of the molecule is COc1ccc(-c2cnoc2N)cc1OCc1ccccc1. The lowest BCUT2D eigenvalue weighted by Crippen LogP contribution is -1.98. The summed E-state index contributed by atoms with van der Waals surface area (Å²) in [5.74, 6) is 1.58. The van der Waals surface area contributed by atoms with Gasteiger partial charge in [-0.3, -0.25) is 0 Å². The highest BCUT2D eigenvalue weighted by Gasteiger charge is 2.11. The van der Waals surface area contributed by atoms with E-state index in [1.54, 1.807) is 13.3 Å². The molecule has 0 bridgehead atoms. The summed E-state index contributed by atoms with van der Waals surface area (Å²) in [7, 11) is 1.61. The first-order valence-corrected chi connectivity index (χ1v) is 6.83. The number of methoxy groups -OCH3 is 1. The summed E-state index contributed by atoms with van der Waals surface area (Å²) in [4.78, 5) is 0. The maximum atomic E-state index is 5.88. The zero-order valence-electron chi connectivity index (χ0n) is 12.2. The highest BCUT2D eigenvalue weighted by molar-refractivity contribution is 5.74. The van der Waals surface area contributed by atoms with Gasteiger partial charge in [0.1, 0.15) is 6.61 Å². The molecule has 0 fully saturated rings. The fourth-order valence-corrected chi connectivity index (χ4v) is 2.16. The van der Waals surface area contributed by atoms with Gasteiger partial charge in [-0.25, -0.2) is 0 Å². The molecule has 112 valence electrons. The van der Waals surface area contributed by atoms with E-state index in [0.717, 1.165) is 16.7 Å². The lowest BCUT2D eigenvalue weighted by Gasteiger charge is -2.12. The monoisotopic (exact) mass is 296 g/mol. The average molecular weight is 296 g/mol. The van der Waals surface area contributed by atoms with Crippen molar-refractivity contribution in [2.75, 3.05) is 12.8 Å². The summed E-state index contributed by atoms with van der Waals surface area (Å²) in [5, 5.41) is 3.69. The van der Waals surface area contributed by atoms with Gasteiger partial charge in [-0.2, -0.15) is 0 Å². The first-order valence-electron chi connectivity index (χ1n) is 6.83. The van der Waals surface area contributed by atoms with Crippen LogP contribution in [0.25, 0.3) is 11.1 Å². The zero-order valence-corrected chi connectivity index (χ0v) is 12.2. The van der Waals surface area contributed by atoms with Crippen molar-refractivity contribution in [3.05, 3.63) is 60.3 Å². The topological polar surface area (TPSA) is 70.5 Å². The minimum atomic E-state index is 0.277. The molecule has 0 unspecified atom stereocenters. The van der Waals surface area contributed by atoms with Crippen molar-refractivity contribution < 1.29 is 14.0 Å². The van der Waals surface area contributed by atoms with Crippen molar-refractivity contribution in [3.8, 4) is 22.6 Å². The van der Waals surface area contributed by atoms with E-state index in [4.69, 9.17) is 19.7 Å². The Balaban J connectivity index is 1.87. The van der Waals surface area contributed by atoms with Crippen molar-refractivity contribution in [2.45, 2.75) is 6.61 Å². The Kier molecular flexibility index (Phi) is 3.96. The van der Waals surface area contributed by atoms with Crippen LogP contribution in [0.1, 0.15) is 5.56 Å². The summed E-state index contributed by atoms with van der Waals surface area (Å²) in [5.41, 5.74) is 8.43. The maximum Gasteiger partial charge on any atom is 0.229 e. The molecule has 3 rings (SSSR count). The number of nitrogen functional groups attached to an aromatic ring is 1. The lowest BCUT2D eigenvalue weighted by atomic mass is 10.1. The number of ether oxygens (including phenoxy) is 2. The third kappa shape index (κ3) is 2.88. The van der Waals surface area contributed by atoms with Crippen LogP contribution in [0.4, 0.5) is 5.88 Å². The molecule has 0 aliphatic carbocycles. The fraction of sp³-hybridized carbons (Fsp3) is 0.118. The van der Waals surface area contributed by atoms with Gasteiger partial charge >= 0.3 is 0 Å². The average Bonchev–Trinajstić information content (AvgIpc) is 2.99. The molecule has 0 saturated carbocycles. The minimum Gasteiger partial charge on any atom is -0.493 e. The first kappa shape index (κ1) is 14.0. The quantitative estimate of drug-likeness (QED) is 0.780. The summed E-state index contributed by atoms with van der Waals surface area (Å²) in [6.07, 6.45) is 1.58. The molecule has 0 radical (unpaired) electrons. The molecule has 0 spiro atoms. The van der Waals surface area contributed by atoms with Crippen LogP contribution in [0, 0.1) is 0 Å². The Labute approximate surface area is 128 Å². The van der Waals surface area contributed by atoms with Gasteiger partial charge in [0.2, 0.25) is 5.88 Å². The predicted octanol–water partition coefficient (Wildman–Crippen LogP) is 3.51. The Morgan fingerprint density at radius 3 is 2.59 bits per heavy atom. The second kappa shape index (κ2) is 6.22. The van der Waals surface area contributed by atoms with E-state index < -0.39 is 0 Å². The van der Waals surface area contributed by atoms with E-state index in [1.165, 1.54) is 0 Å². The van der Waals surface area contributed by atoms with E-state index >= 15 is 0 Å². The van der Waals surface area contributed by atoms with Gasteiger partial charge in [-0.05, 0) is 23.3 Å². The smallest absolute Gasteiger partial charge is 0.229 e. The second-order valence-corrected chi connectivity index (χ2v) is 4.74. The van der Waals surface area contributed by atoms with Crippen molar-refractivity contribution in [2.24, 2.45) is 0 Å². The summed E-state index contributed by atoms with van der Waals surface area (Å²) < 4.78 is 16.1. The first-order chi connectivity index (χ1) is 10.8. The number of nitrogens with two attached hydrogens (primary N) is 1. The van der Waals surface area contributed by atoms with E-state index in [0.29, 0.717) is 18.1 Å². The van der Waals surface area contributed by atoms with E-state index in [9.17, 15) is 0 Å². The maximum absolute atomic E-state index is 5.88. The van der Waals surface area contributed by atoms with Gasteiger partial charge in [-0.15, -0.1) is 0 Å². The van der Waals surface area contributed by atoms with Gasteiger partial charge in [0.05, 0.1) is 18.9 Å². The van der Waals surface area contributed by atoms with E-state index in [1.807, 2.05) is 48.5 Å². The summed E-state index contributed by atoms with van der Waals surface area (Å²) in [6.45, 7) is 0.458. The molecule has 0 aliphatic rings. The number of benzene rings is 2. The molecule has 2 N–H and O–H groups in total. The highest BCUT2D eigenvalue weighted by atomic mass is 16.5. The van der Waals surface area contributed by atoms with Crippen LogP contribution in [0.5, 0.6) is 11.5 Å². The van der Waals surface area contributed by atoms with Gasteiger partial charge < -0.3 is 19.7 Å². The van der Waals surface area contributed by atoms with Gasteiger partial charge in [-0.1, -0.05) is 41.6 Å². The van der Waals surface area contributed by atoms with Crippen molar-refractivity contribution >= 4 is 5.88 Å². The lowest BCUT2D eigenvalue weighted by molar-refractivity contribution is 0.284. The van der Waals surface area contributed by atoms with Gasteiger partial charge in [0.15, 0.2) is 11.5 Å². The van der Waals surface area contributed by atoms with Crippen LogP contribution in [-0.2, 0) is 6.61 Å². The van der Waals surface area contributed by atoms with Crippen molar-refractivity contribution in [1.29, 1.82) is 0 Å². The van der Waals surface area contributed by atoms with Crippen LogP contribution in [0.15, 0.2) is 59.3 Å². The molecule has 0 amide bonds. The molecule has 5 heteroatoms. The number of hydrogen-bond acceptors (Lipinski definition) is 5. The van der Waals surface area contributed by atoms with Gasteiger partial charge in [0, 0.05) is 0 Å². The van der Waals surface area contributed by atoms with Crippen LogP contribution < -0.4 is 15.2 Å². The molecule has 5 nitrogen and oxygen atoms in total. The van der Waals surface area contributed by atoms with Crippen LogP contribution in [0.3, 0.4) is 0 Å². The standard InChI is InChI=1S/C17H16N2O3/c1-20-15-8-7-13(14-10-19-22-17(14)18)9-16(15)21-11-12-5-3-2-4-6-12/h2-10H,11,18H2,1H3.